The van der Waals surface area contributed by atoms with Crippen molar-refractivity contribution in [2.24, 2.45) is 0 Å². The molecule has 0 spiro atoms. The highest BCUT2D eigenvalue weighted by Gasteiger charge is 2.29. The summed E-state index contributed by atoms with van der Waals surface area (Å²) in [7, 11) is 0. The van der Waals surface area contributed by atoms with E-state index in [9.17, 15) is 0 Å². The summed E-state index contributed by atoms with van der Waals surface area (Å²) < 4.78 is 0. The number of hydrogen-bond donors (Lipinski definition) is 0. The number of fused-ring (bicyclic) bond motifs is 18. The van der Waals surface area contributed by atoms with E-state index in [-0.39, 0.29) is 0 Å². The van der Waals surface area contributed by atoms with Crippen molar-refractivity contribution in [2.75, 3.05) is 0 Å². The van der Waals surface area contributed by atoms with Gasteiger partial charge in [-0.05, 0) is 372 Å². The molecule has 0 aliphatic carbocycles. The van der Waals surface area contributed by atoms with Gasteiger partial charge in [-0.3, -0.25) is 0 Å². The van der Waals surface area contributed by atoms with Crippen molar-refractivity contribution in [3.63, 3.8) is 0 Å². The Balaban J connectivity index is 0.000000134. The zero-order valence-corrected chi connectivity index (χ0v) is 76.5. The molecule has 0 amide bonds. The van der Waals surface area contributed by atoms with Crippen LogP contribution in [-0.4, -0.2) is 0 Å². The summed E-state index contributed by atoms with van der Waals surface area (Å²) in [6.07, 6.45) is 0. The van der Waals surface area contributed by atoms with Crippen LogP contribution in [0.15, 0.2) is 510 Å². The molecule has 30 aromatic carbocycles. The Kier molecular flexibility index (Phi) is 17.9. The normalized spacial score (nSPS) is 12.0. The van der Waals surface area contributed by atoms with Gasteiger partial charge in [-0.2, -0.15) is 0 Å². The van der Waals surface area contributed by atoms with Gasteiger partial charge in [-0.25, -0.2) is 0 Å². The van der Waals surface area contributed by atoms with E-state index in [1.54, 1.807) is 0 Å². The van der Waals surface area contributed by atoms with Gasteiger partial charge in [-0.1, -0.05) is 443 Å². The van der Waals surface area contributed by atoms with Crippen molar-refractivity contribution in [1.82, 2.24) is 0 Å². The van der Waals surface area contributed by atoms with Crippen LogP contribution in [0.2, 0.25) is 0 Å². The maximum atomic E-state index is 2.52. The SMILES string of the molecule is c1ccc(-c2ccc(-c3cc(-c4cc5ccccc5c5ccccc45)c4ccc5c(-c6cc7ccccc7c7ccccc67)cc(-c6cc7ccccc7c7ccccc67)c6ccc3c4c65)cc2)cc1.c1ccc(-c2cccc(-c3cc(-c4cc5ccccc5c5ccccc45)c4ccc5c(-c6cc7ccccc7c7ccccc67)cc(-c6cc7ccccc7c7ccccc67)c6ccc3c4c65)c2)cc1. The molecule has 0 saturated heterocycles. The van der Waals surface area contributed by atoms with Crippen LogP contribution >= 0.6 is 0 Å². The van der Waals surface area contributed by atoms with Crippen molar-refractivity contribution in [3.05, 3.63) is 510 Å². The van der Waals surface area contributed by atoms with Gasteiger partial charge in [-0.15, -0.1) is 0 Å². The van der Waals surface area contributed by atoms with Crippen LogP contribution in [0.3, 0.4) is 0 Å². The molecule has 0 aromatic heterocycles. The van der Waals surface area contributed by atoms with E-state index in [1.807, 2.05) is 0 Å². The summed E-state index contributed by atoms with van der Waals surface area (Å²) in [4.78, 5) is 0. The van der Waals surface area contributed by atoms with Gasteiger partial charge in [0, 0.05) is 0 Å². The summed E-state index contributed by atoms with van der Waals surface area (Å²) in [5.41, 5.74) is 24.6. The van der Waals surface area contributed by atoms with Crippen LogP contribution < -0.4 is 0 Å². The minimum absolute atomic E-state index is 1.20. The lowest BCUT2D eigenvalue weighted by Gasteiger charge is -2.23. The summed E-state index contributed by atoms with van der Waals surface area (Å²) >= 11 is 0. The van der Waals surface area contributed by atoms with Crippen molar-refractivity contribution < 1.29 is 0 Å². The molecule has 0 heteroatoms. The number of rotatable bonds is 10. The topological polar surface area (TPSA) is 0 Å². The van der Waals surface area contributed by atoms with Gasteiger partial charge in [0.05, 0.1) is 0 Å². The van der Waals surface area contributed by atoms with E-state index >= 15 is 0 Å². The van der Waals surface area contributed by atoms with Crippen molar-refractivity contribution in [2.45, 2.75) is 0 Å². The fourth-order valence-corrected chi connectivity index (χ4v) is 24.4. The summed E-state index contributed by atoms with van der Waals surface area (Å²) in [5, 5.41) is 45.5. The third kappa shape index (κ3) is 12.4. The zero-order chi connectivity index (χ0) is 91.7. The fraction of sp³-hybridized carbons (Fsp3) is 0. The highest BCUT2D eigenvalue weighted by atomic mass is 14.3. The molecule has 0 aliphatic heterocycles. The van der Waals surface area contributed by atoms with Gasteiger partial charge in [0.2, 0.25) is 0 Å². The summed E-state index contributed by atoms with van der Waals surface area (Å²) in [6, 6.07) is 191. The Hall–Kier alpha value is -18.2. The lowest BCUT2D eigenvalue weighted by Crippen LogP contribution is -1.96. The van der Waals surface area contributed by atoms with Gasteiger partial charge < -0.3 is 0 Å². The quantitative estimate of drug-likeness (QED) is 0.120. The van der Waals surface area contributed by atoms with Crippen LogP contribution in [0.1, 0.15) is 0 Å². The molecule has 0 unspecified atom stereocenters. The van der Waals surface area contributed by atoms with Crippen molar-refractivity contribution in [3.8, 4) is 111 Å². The summed E-state index contributed by atoms with van der Waals surface area (Å²) in [5.74, 6) is 0. The highest BCUT2D eigenvalue weighted by molar-refractivity contribution is 6.38. The van der Waals surface area contributed by atoms with Gasteiger partial charge >= 0.3 is 0 Å². The maximum Gasteiger partial charge on any atom is -0.00139 e. The Morgan fingerprint density at radius 2 is 0.236 bits per heavy atom. The Morgan fingerprint density at radius 1 is 0.0714 bits per heavy atom. The van der Waals surface area contributed by atoms with Crippen LogP contribution in [0.25, 0.3) is 305 Å². The van der Waals surface area contributed by atoms with Crippen LogP contribution in [0.5, 0.6) is 0 Å². The van der Waals surface area contributed by atoms with E-state index in [4.69, 9.17) is 0 Å². The minimum Gasteiger partial charge on any atom is -0.0622 e. The van der Waals surface area contributed by atoms with E-state index in [0.717, 1.165) is 0 Å². The third-order valence-corrected chi connectivity index (χ3v) is 30.7. The number of hydrogen-bond acceptors (Lipinski definition) is 0. The second-order valence-electron chi connectivity index (χ2n) is 38.1. The Bertz CT molecular complexity index is 10200. The smallest absolute Gasteiger partial charge is 0.00139 e. The maximum absolute atomic E-state index is 2.52. The van der Waals surface area contributed by atoms with Crippen molar-refractivity contribution in [1.29, 1.82) is 0 Å². The second kappa shape index (κ2) is 31.7. The average molecular weight is 1770 g/mol. The average Bonchev–Trinajstić information content (AvgIpc) is 0.698. The first-order valence-corrected chi connectivity index (χ1v) is 48.8. The Morgan fingerprint density at radius 3 is 0.493 bits per heavy atom. The number of benzene rings is 30. The predicted molar refractivity (Wildman–Crippen MR) is 605 cm³/mol. The van der Waals surface area contributed by atoms with E-state index in [2.05, 4.69) is 510 Å². The standard InChI is InChI=1S/2C70H42/c1-2-17-43(18-3-1)44-22-16-23-45(37-44)62-41-66(63-38-46-19-4-7-24-49(46)52-27-10-13-30-55(52)63)59-35-36-61-68(65-40-48-21-6-9-26-51(48)54-29-12-15-32-57(54)65)42-67(60-34-33-58(62)69(59)70(60)61)64-39-47-20-5-8-25-50(47)53-28-11-14-31-56(53)64;1-2-16-43(17-3-1)44-30-32-45(33-31-44)62-41-66(63-38-46-18-4-7-21-49(46)52-24-10-13-27-55(52)63)59-36-37-61-68(65-40-48-20-6-9-23-51(48)54-26-12-15-29-57(54)65)42-67(60-35-34-58(62)69(59)70(60)61)64-39-47-19-5-8-22-50(47)53-25-11-14-28-56(53)64/h2*1-42H. The van der Waals surface area contributed by atoms with E-state index in [1.165, 1.54) is 305 Å². The molecular formula is C140H84. The molecule has 0 bridgehead atoms. The zero-order valence-electron chi connectivity index (χ0n) is 76.5. The first-order chi connectivity index (χ1) is 69.5. The third-order valence-electron chi connectivity index (χ3n) is 30.7. The molecule has 140 heavy (non-hydrogen) atoms. The molecule has 0 nitrogen and oxygen atoms in total. The molecule has 0 fully saturated rings. The van der Waals surface area contributed by atoms with E-state index in [0.29, 0.717) is 0 Å². The van der Waals surface area contributed by atoms with Crippen LogP contribution in [0.4, 0.5) is 0 Å². The Labute approximate surface area is 808 Å². The predicted octanol–water partition coefficient (Wildman–Crippen LogP) is 39.7. The largest absolute Gasteiger partial charge is 0.0622 e. The second-order valence-corrected chi connectivity index (χ2v) is 38.1. The van der Waals surface area contributed by atoms with Gasteiger partial charge in [0.15, 0.2) is 0 Å². The first-order valence-electron chi connectivity index (χ1n) is 48.8. The van der Waals surface area contributed by atoms with Gasteiger partial charge in [0.25, 0.3) is 0 Å². The van der Waals surface area contributed by atoms with Crippen LogP contribution in [0, 0.1) is 0 Å². The molecule has 30 rings (SSSR count). The molecule has 644 valence electrons. The lowest BCUT2D eigenvalue weighted by atomic mass is 9.80. The fourth-order valence-electron chi connectivity index (χ4n) is 24.4. The minimum atomic E-state index is 1.20. The molecule has 0 atom stereocenters. The molecular weight excluding hydrogens is 1680 g/mol. The first kappa shape index (κ1) is 79.2. The lowest BCUT2D eigenvalue weighted by molar-refractivity contribution is 1.60. The molecule has 0 aliphatic rings. The monoisotopic (exact) mass is 1760 g/mol. The molecule has 0 heterocycles. The molecule has 30 aromatic rings. The van der Waals surface area contributed by atoms with Gasteiger partial charge in [0.1, 0.15) is 0 Å². The summed E-state index contributed by atoms with van der Waals surface area (Å²) in [6.45, 7) is 0. The van der Waals surface area contributed by atoms with Crippen molar-refractivity contribution >= 4 is 194 Å². The van der Waals surface area contributed by atoms with Crippen LogP contribution in [-0.2, 0) is 0 Å². The van der Waals surface area contributed by atoms with E-state index < -0.39 is 0 Å². The molecule has 0 N–H and O–H groups in total. The molecule has 0 saturated carbocycles. The highest BCUT2D eigenvalue weighted by Crippen LogP contribution is 2.56. The molecule has 0 radical (unpaired) electrons.